The predicted octanol–water partition coefficient (Wildman–Crippen LogP) is 1.72. The maximum atomic E-state index is 8.65. The van der Waals surface area contributed by atoms with Crippen LogP contribution in [0.1, 0.15) is 31.7 Å². The van der Waals surface area contributed by atoms with Crippen LogP contribution in [0.4, 0.5) is 0 Å². The molecule has 0 saturated heterocycles. The van der Waals surface area contributed by atoms with E-state index in [2.05, 4.69) is 36.0 Å². The Bertz CT molecular complexity index is 375. The van der Waals surface area contributed by atoms with Gasteiger partial charge in [0.25, 0.3) is 0 Å². The molecule has 0 aliphatic heterocycles. The highest BCUT2D eigenvalue weighted by atomic mass is 15.3. The summed E-state index contributed by atoms with van der Waals surface area (Å²) >= 11 is 0. The summed E-state index contributed by atoms with van der Waals surface area (Å²) in [6.45, 7) is 5.01. The Labute approximate surface area is 97.5 Å². The molecule has 16 heavy (non-hydrogen) atoms. The van der Waals surface area contributed by atoms with Gasteiger partial charge >= 0.3 is 0 Å². The molecule has 0 fully saturated rings. The van der Waals surface area contributed by atoms with Gasteiger partial charge in [-0.05, 0) is 26.5 Å². The molecule has 0 aromatic carbocycles. The standard InChI is InChI=1S/C12H20N4/c1-5-11-8-12(16(4)14-11)9-15(3)10(2)6-7-13/h8,10H,5-6,9H2,1-4H3. The molecule has 0 aliphatic carbocycles. The third-order valence-corrected chi connectivity index (χ3v) is 2.94. The van der Waals surface area contributed by atoms with Crippen LogP contribution in [0.2, 0.25) is 0 Å². The van der Waals surface area contributed by atoms with Crippen molar-refractivity contribution in [1.29, 1.82) is 5.26 Å². The van der Waals surface area contributed by atoms with Gasteiger partial charge in [0.05, 0.1) is 23.9 Å². The van der Waals surface area contributed by atoms with E-state index in [9.17, 15) is 0 Å². The molecule has 1 aromatic heterocycles. The van der Waals surface area contributed by atoms with E-state index in [1.54, 1.807) is 0 Å². The first kappa shape index (κ1) is 12.7. The van der Waals surface area contributed by atoms with E-state index in [1.807, 2.05) is 18.8 Å². The summed E-state index contributed by atoms with van der Waals surface area (Å²) in [7, 11) is 4.01. The zero-order valence-electron chi connectivity index (χ0n) is 10.6. The number of aromatic nitrogens is 2. The topological polar surface area (TPSA) is 44.9 Å². The second-order valence-corrected chi connectivity index (χ2v) is 4.23. The number of rotatable bonds is 5. The number of hydrogen-bond donors (Lipinski definition) is 0. The zero-order chi connectivity index (χ0) is 12.1. The molecule has 1 heterocycles. The molecular formula is C12H20N4. The molecular weight excluding hydrogens is 200 g/mol. The molecule has 4 heteroatoms. The average Bonchev–Trinajstić information content (AvgIpc) is 2.60. The molecule has 1 aromatic rings. The van der Waals surface area contributed by atoms with E-state index in [0.717, 1.165) is 18.7 Å². The van der Waals surface area contributed by atoms with Crippen molar-refractivity contribution in [2.45, 2.75) is 39.3 Å². The van der Waals surface area contributed by atoms with E-state index < -0.39 is 0 Å². The van der Waals surface area contributed by atoms with Gasteiger partial charge in [-0.2, -0.15) is 10.4 Å². The Balaban J connectivity index is 2.65. The van der Waals surface area contributed by atoms with Crippen LogP contribution in [-0.4, -0.2) is 27.8 Å². The summed E-state index contributed by atoms with van der Waals surface area (Å²) in [4.78, 5) is 2.18. The highest BCUT2D eigenvalue weighted by molar-refractivity contribution is 5.10. The summed E-state index contributed by atoms with van der Waals surface area (Å²) in [5, 5.41) is 13.1. The van der Waals surface area contributed by atoms with E-state index in [-0.39, 0.29) is 6.04 Å². The lowest BCUT2D eigenvalue weighted by Crippen LogP contribution is -2.29. The predicted molar refractivity (Wildman–Crippen MR) is 63.7 cm³/mol. The largest absolute Gasteiger partial charge is 0.297 e. The molecule has 0 radical (unpaired) electrons. The highest BCUT2D eigenvalue weighted by Crippen LogP contribution is 2.09. The molecule has 0 amide bonds. The van der Waals surface area contributed by atoms with Crippen molar-refractivity contribution >= 4 is 0 Å². The van der Waals surface area contributed by atoms with Gasteiger partial charge in [0.1, 0.15) is 0 Å². The summed E-state index contributed by atoms with van der Waals surface area (Å²) in [6, 6.07) is 4.62. The molecule has 1 atom stereocenters. The van der Waals surface area contributed by atoms with Gasteiger partial charge in [-0.1, -0.05) is 6.92 Å². The molecule has 0 saturated carbocycles. The zero-order valence-corrected chi connectivity index (χ0v) is 10.6. The minimum Gasteiger partial charge on any atom is -0.297 e. The van der Waals surface area contributed by atoms with Crippen LogP contribution in [0.5, 0.6) is 0 Å². The van der Waals surface area contributed by atoms with Crippen LogP contribution < -0.4 is 0 Å². The van der Waals surface area contributed by atoms with Gasteiger partial charge in [-0.3, -0.25) is 9.58 Å². The second kappa shape index (κ2) is 5.66. The van der Waals surface area contributed by atoms with Gasteiger partial charge in [-0.15, -0.1) is 0 Å². The van der Waals surface area contributed by atoms with Crippen molar-refractivity contribution in [2.75, 3.05) is 7.05 Å². The molecule has 1 rings (SSSR count). The van der Waals surface area contributed by atoms with E-state index in [4.69, 9.17) is 5.26 Å². The molecule has 0 aliphatic rings. The lowest BCUT2D eigenvalue weighted by molar-refractivity contribution is 0.246. The Morgan fingerprint density at radius 3 is 2.81 bits per heavy atom. The van der Waals surface area contributed by atoms with Crippen molar-refractivity contribution in [3.8, 4) is 6.07 Å². The van der Waals surface area contributed by atoms with Crippen molar-refractivity contribution < 1.29 is 0 Å². The number of nitriles is 1. The Kier molecular flexibility index (Phi) is 4.51. The lowest BCUT2D eigenvalue weighted by Gasteiger charge is -2.22. The van der Waals surface area contributed by atoms with Gasteiger partial charge in [0.15, 0.2) is 0 Å². The SMILES string of the molecule is CCc1cc(CN(C)C(C)CC#N)n(C)n1. The molecule has 1 unspecified atom stereocenters. The van der Waals surface area contributed by atoms with E-state index in [0.29, 0.717) is 6.42 Å². The summed E-state index contributed by atoms with van der Waals surface area (Å²) in [5.41, 5.74) is 2.32. The maximum Gasteiger partial charge on any atom is 0.0638 e. The van der Waals surface area contributed by atoms with Crippen LogP contribution in [0.15, 0.2) is 6.07 Å². The minimum atomic E-state index is 0.282. The Morgan fingerprint density at radius 1 is 1.62 bits per heavy atom. The van der Waals surface area contributed by atoms with Crippen molar-refractivity contribution in [2.24, 2.45) is 7.05 Å². The lowest BCUT2D eigenvalue weighted by atomic mass is 10.2. The van der Waals surface area contributed by atoms with Gasteiger partial charge in [-0.25, -0.2) is 0 Å². The van der Waals surface area contributed by atoms with Gasteiger partial charge < -0.3 is 0 Å². The summed E-state index contributed by atoms with van der Waals surface area (Å²) in [5.74, 6) is 0. The van der Waals surface area contributed by atoms with Gasteiger partial charge in [0, 0.05) is 19.6 Å². The Morgan fingerprint density at radius 2 is 2.31 bits per heavy atom. The number of aryl methyl sites for hydroxylation is 2. The maximum absolute atomic E-state index is 8.65. The fourth-order valence-corrected chi connectivity index (χ4v) is 1.59. The monoisotopic (exact) mass is 220 g/mol. The van der Waals surface area contributed by atoms with Crippen LogP contribution in [-0.2, 0) is 20.0 Å². The van der Waals surface area contributed by atoms with Crippen LogP contribution in [0.3, 0.4) is 0 Å². The molecule has 4 nitrogen and oxygen atoms in total. The molecule has 0 spiro atoms. The quantitative estimate of drug-likeness (QED) is 0.759. The minimum absolute atomic E-state index is 0.282. The molecule has 0 N–H and O–H groups in total. The number of hydrogen-bond acceptors (Lipinski definition) is 3. The van der Waals surface area contributed by atoms with Gasteiger partial charge in [0.2, 0.25) is 0 Å². The number of nitrogens with zero attached hydrogens (tertiary/aromatic N) is 4. The second-order valence-electron chi connectivity index (χ2n) is 4.23. The highest BCUT2D eigenvalue weighted by Gasteiger charge is 2.12. The van der Waals surface area contributed by atoms with Crippen molar-refractivity contribution in [3.05, 3.63) is 17.5 Å². The fourth-order valence-electron chi connectivity index (χ4n) is 1.59. The van der Waals surface area contributed by atoms with E-state index >= 15 is 0 Å². The molecule has 0 bridgehead atoms. The third-order valence-electron chi connectivity index (χ3n) is 2.94. The summed E-state index contributed by atoms with van der Waals surface area (Å²) in [6.07, 6.45) is 1.53. The Hall–Kier alpha value is -1.34. The van der Waals surface area contributed by atoms with Crippen LogP contribution in [0, 0.1) is 11.3 Å². The first-order valence-corrected chi connectivity index (χ1v) is 5.67. The first-order chi connectivity index (χ1) is 7.58. The van der Waals surface area contributed by atoms with Crippen molar-refractivity contribution in [3.63, 3.8) is 0 Å². The first-order valence-electron chi connectivity index (χ1n) is 5.67. The fraction of sp³-hybridized carbons (Fsp3) is 0.667. The third kappa shape index (κ3) is 3.07. The van der Waals surface area contributed by atoms with Crippen LogP contribution >= 0.6 is 0 Å². The smallest absolute Gasteiger partial charge is 0.0638 e. The van der Waals surface area contributed by atoms with Crippen LogP contribution in [0.25, 0.3) is 0 Å². The van der Waals surface area contributed by atoms with E-state index in [1.165, 1.54) is 5.69 Å². The average molecular weight is 220 g/mol. The summed E-state index contributed by atoms with van der Waals surface area (Å²) < 4.78 is 1.93. The normalized spacial score (nSPS) is 12.8. The molecule has 88 valence electrons. The van der Waals surface area contributed by atoms with Crippen molar-refractivity contribution in [1.82, 2.24) is 14.7 Å².